The smallest absolute Gasteiger partial charge is 0.244 e. The lowest BCUT2D eigenvalue weighted by Crippen LogP contribution is -2.43. The summed E-state index contributed by atoms with van der Waals surface area (Å²) in [7, 11) is 0. The van der Waals surface area contributed by atoms with Crippen LogP contribution in [0.5, 0.6) is 0 Å². The van der Waals surface area contributed by atoms with Gasteiger partial charge in [0, 0.05) is 5.56 Å². The van der Waals surface area contributed by atoms with Gasteiger partial charge in [0.25, 0.3) is 0 Å². The second-order valence-corrected chi connectivity index (χ2v) is 6.07. The maximum Gasteiger partial charge on any atom is 0.244 e. The predicted molar refractivity (Wildman–Crippen MR) is 96.0 cm³/mol. The van der Waals surface area contributed by atoms with Gasteiger partial charge in [0.1, 0.15) is 12.4 Å². The van der Waals surface area contributed by atoms with Crippen molar-refractivity contribution in [3.8, 4) is 11.4 Å². The Labute approximate surface area is 155 Å². The van der Waals surface area contributed by atoms with E-state index in [1.54, 1.807) is 0 Å². The molecule has 0 saturated carbocycles. The molecule has 1 atom stereocenters. The summed E-state index contributed by atoms with van der Waals surface area (Å²) < 4.78 is 13.0. The summed E-state index contributed by atoms with van der Waals surface area (Å²) in [5.74, 6) is -0.602. The molecule has 0 saturated heterocycles. The lowest BCUT2D eigenvalue weighted by molar-refractivity contribution is -0.127. The number of nitrogens with zero attached hydrogens (tertiary/aromatic N) is 4. The van der Waals surface area contributed by atoms with Crippen LogP contribution < -0.4 is 5.32 Å². The van der Waals surface area contributed by atoms with Crippen LogP contribution >= 0.6 is 0 Å². The van der Waals surface area contributed by atoms with Crippen molar-refractivity contribution in [1.29, 1.82) is 0 Å². The second kappa shape index (κ2) is 8.31. The van der Waals surface area contributed by atoms with Gasteiger partial charge in [-0.1, -0.05) is 30.3 Å². The molecule has 8 heteroatoms. The predicted octanol–water partition coefficient (Wildman–Crippen LogP) is 1.80. The molecule has 0 aliphatic rings. The number of Topliss-reactive ketones (excluding diaryl/α,β-unsaturated/α-hetero) is 1. The quantitative estimate of drug-likeness (QED) is 0.688. The molecule has 1 N–H and O–H groups in total. The fraction of sp³-hybridized carbons (Fsp3) is 0.211. The molecule has 0 aliphatic carbocycles. The Morgan fingerprint density at radius 3 is 2.48 bits per heavy atom. The zero-order valence-corrected chi connectivity index (χ0v) is 14.7. The highest BCUT2D eigenvalue weighted by atomic mass is 19.1. The summed E-state index contributed by atoms with van der Waals surface area (Å²) in [6.07, 6.45) is 0.410. The van der Waals surface area contributed by atoms with Crippen LogP contribution in [0.4, 0.5) is 4.39 Å². The molecule has 7 nitrogen and oxygen atoms in total. The van der Waals surface area contributed by atoms with E-state index < -0.39 is 11.9 Å². The molecule has 138 valence electrons. The molecule has 1 heterocycles. The molecule has 3 aromatic rings. The van der Waals surface area contributed by atoms with Crippen molar-refractivity contribution in [2.24, 2.45) is 0 Å². The minimum absolute atomic E-state index is 0.134. The molecular formula is C19H18FN5O2. The van der Waals surface area contributed by atoms with Crippen molar-refractivity contribution >= 4 is 11.7 Å². The van der Waals surface area contributed by atoms with Gasteiger partial charge in [-0.15, -0.1) is 10.2 Å². The molecule has 2 aromatic carbocycles. The van der Waals surface area contributed by atoms with Crippen LogP contribution in [-0.2, 0) is 22.6 Å². The van der Waals surface area contributed by atoms with Crippen molar-refractivity contribution in [1.82, 2.24) is 25.5 Å². The number of hydrogen-bond acceptors (Lipinski definition) is 5. The molecule has 0 bridgehead atoms. The standard InChI is InChI=1S/C19H18FN5O2/c1-13(26)17(11-14-5-3-2-4-6-14)21-18(27)12-25-23-19(22-24-25)15-7-9-16(20)10-8-15/h2-10,17H,11-12H2,1H3,(H,21,27)/t17-/m1/s1. The zero-order chi connectivity index (χ0) is 19.2. The van der Waals surface area contributed by atoms with Gasteiger partial charge in [0.05, 0.1) is 6.04 Å². The maximum absolute atomic E-state index is 13.0. The average Bonchev–Trinajstić information content (AvgIpc) is 3.11. The van der Waals surface area contributed by atoms with Crippen LogP contribution in [-0.4, -0.2) is 37.9 Å². The van der Waals surface area contributed by atoms with Crippen molar-refractivity contribution in [3.63, 3.8) is 0 Å². The topological polar surface area (TPSA) is 89.8 Å². The number of carbonyl (C=O) groups is 2. The van der Waals surface area contributed by atoms with Gasteiger partial charge in [0.15, 0.2) is 5.78 Å². The molecular weight excluding hydrogens is 349 g/mol. The summed E-state index contributed by atoms with van der Waals surface area (Å²) in [5.41, 5.74) is 1.55. The first kappa shape index (κ1) is 18.4. The number of tetrazole rings is 1. The van der Waals surface area contributed by atoms with E-state index in [0.717, 1.165) is 10.4 Å². The first-order valence-electron chi connectivity index (χ1n) is 8.39. The average molecular weight is 367 g/mol. The van der Waals surface area contributed by atoms with Crippen LogP contribution in [0.2, 0.25) is 0 Å². The Bertz CT molecular complexity index is 925. The van der Waals surface area contributed by atoms with E-state index in [2.05, 4.69) is 20.7 Å². The van der Waals surface area contributed by atoms with Crippen LogP contribution in [0.15, 0.2) is 54.6 Å². The van der Waals surface area contributed by atoms with Crippen LogP contribution in [0.1, 0.15) is 12.5 Å². The van der Waals surface area contributed by atoms with E-state index in [-0.39, 0.29) is 24.0 Å². The number of amides is 1. The number of rotatable bonds is 7. The molecule has 0 unspecified atom stereocenters. The van der Waals surface area contributed by atoms with E-state index in [9.17, 15) is 14.0 Å². The monoisotopic (exact) mass is 367 g/mol. The zero-order valence-electron chi connectivity index (χ0n) is 14.7. The van der Waals surface area contributed by atoms with Gasteiger partial charge in [0.2, 0.25) is 11.7 Å². The maximum atomic E-state index is 13.0. The second-order valence-electron chi connectivity index (χ2n) is 6.07. The van der Waals surface area contributed by atoms with Gasteiger partial charge in [-0.25, -0.2) is 4.39 Å². The van der Waals surface area contributed by atoms with Crippen molar-refractivity contribution in [2.45, 2.75) is 25.9 Å². The molecule has 3 rings (SSSR count). The van der Waals surface area contributed by atoms with Crippen molar-refractivity contribution in [2.75, 3.05) is 0 Å². The van der Waals surface area contributed by atoms with Gasteiger partial charge >= 0.3 is 0 Å². The molecule has 1 amide bonds. The molecule has 0 aliphatic heterocycles. The minimum Gasteiger partial charge on any atom is -0.344 e. The third-order valence-corrected chi connectivity index (χ3v) is 3.95. The Hall–Kier alpha value is -3.42. The summed E-state index contributed by atoms with van der Waals surface area (Å²) in [4.78, 5) is 25.3. The third kappa shape index (κ3) is 5.04. The Morgan fingerprint density at radius 2 is 1.81 bits per heavy atom. The highest BCUT2D eigenvalue weighted by molar-refractivity contribution is 5.87. The molecule has 0 fully saturated rings. The first-order valence-corrected chi connectivity index (χ1v) is 8.39. The summed E-state index contributed by atoms with van der Waals surface area (Å²) in [6.45, 7) is 1.26. The Morgan fingerprint density at radius 1 is 1.11 bits per heavy atom. The number of benzene rings is 2. The Kier molecular flexibility index (Phi) is 5.65. The van der Waals surface area contributed by atoms with E-state index >= 15 is 0 Å². The SMILES string of the molecule is CC(=O)[C@@H](Cc1ccccc1)NC(=O)Cn1nnc(-c2ccc(F)cc2)n1. The van der Waals surface area contributed by atoms with E-state index in [4.69, 9.17) is 0 Å². The lowest BCUT2D eigenvalue weighted by atomic mass is 10.0. The van der Waals surface area contributed by atoms with E-state index in [1.807, 2.05) is 30.3 Å². The number of nitrogens with one attached hydrogen (secondary N) is 1. The van der Waals surface area contributed by atoms with Crippen LogP contribution in [0, 0.1) is 5.82 Å². The fourth-order valence-corrected chi connectivity index (χ4v) is 2.54. The number of carbonyl (C=O) groups excluding carboxylic acids is 2. The fourth-order valence-electron chi connectivity index (χ4n) is 2.54. The van der Waals surface area contributed by atoms with Gasteiger partial charge in [-0.3, -0.25) is 9.59 Å². The number of aromatic nitrogens is 4. The molecule has 1 aromatic heterocycles. The number of ketones is 1. The lowest BCUT2D eigenvalue weighted by Gasteiger charge is -2.15. The number of hydrogen-bond donors (Lipinski definition) is 1. The van der Waals surface area contributed by atoms with E-state index in [0.29, 0.717) is 12.0 Å². The highest BCUT2D eigenvalue weighted by Crippen LogP contribution is 2.13. The summed E-state index contributed by atoms with van der Waals surface area (Å²) in [5, 5.41) is 14.5. The highest BCUT2D eigenvalue weighted by Gasteiger charge is 2.18. The number of halogens is 1. The summed E-state index contributed by atoms with van der Waals surface area (Å²) >= 11 is 0. The van der Waals surface area contributed by atoms with Gasteiger partial charge < -0.3 is 5.32 Å². The first-order chi connectivity index (χ1) is 13.0. The normalized spacial score (nSPS) is 11.8. The largest absolute Gasteiger partial charge is 0.344 e. The van der Waals surface area contributed by atoms with E-state index in [1.165, 1.54) is 31.2 Å². The Balaban J connectivity index is 1.62. The summed E-state index contributed by atoms with van der Waals surface area (Å²) in [6, 6.07) is 14.5. The van der Waals surface area contributed by atoms with Gasteiger partial charge in [-0.05, 0) is 48.4 Å². The van der Waals surface area contributed by atoms with Crippen molar-refractivity contribution in [3.05, 3.63) is 66.0 Å². The van der Waals surface area contributed by atoms with Crippen LogP contribution in [0.3, 0.4) is 0 Å². The molecule has 0 radical (unpaired) electrons. The molecule has 27 heavy (non-hydrogen) atoms. The third-order valence-electron chi connectivity index (χ3n) is 3.95. The van der Waals surface area contributed by atoms with Crippen molar-refractivity contribution < 1.29 is 14.0 Å². The van der Waals surface area contributed by atoms with Gasteiger partial charge in [-0.2, -0.15) is 4.80 Å². The molecule has 0 spiro atoms. The minimum atomic E-state index is -0.625. The van der Waals surface area contributed by atoms with Crippen LogP contribution in [0.25, 0.3) is 11.4 Å².